The lowest BCUT2D eigenvalue weighted by molar-refractivity contribution is -0.143. The first-order valence-electron chi connectivity index (χ1n) is 10.6. The molecule has 32 heavy (non-hydrogen) atoms. The van der Waals surface area contributed by atoms with Gasteiger partial charge in [0.15, 0.2) is 0 Å². The molecule has 1 saturated heterocycles. The SMILES string of the molecule is CCOC(=O)Cn1c(CC)c(N2CCN(C(=O)OC(C)(C)C)CC2)c(=O)n2nc(I)nc12. The Labute approximate surface area is 199 Å². The average Bonchev–Trinajstić information content (AvgIpc) is 3.11. The second-order valence-corrected chi connectivity index (χ2v) is 9.36. The Hall–Kier alpha value is -2.38. The van der Waals surface area contributed by atoms with Crippen LogP contribution >= 0.6 is 22.6 Å². The number of hydrogen-bond acceptors (Lipinski definition) is 8. The molecule has 1 aliphatic heterocycles. The van der Waals surface area contributed by atoms with E-state index in [0.717, 1.165) is 0 Å². The van der Waals surface area contributed by atoms with Crippen LogP contribution < -0.4 is 10.5 Å². The maximum absolute atomic E-state index is 13.4. The summed E-state index contributed by atoms with van der Waals surface area (Å²) in [6.07, 6.45) is 0.143. The molecule has 1 fully saturated rings. The van der Waals surface area contributed by atoms with Gasteiger partial charge in [-0.1, -0.05) is 6.92 Å². The van der Waals surface area contributed by atoms with Gasteiger partial charge in [0.1, 0.15) is 17.8 Å². The Morgan fingerprint density at radius 2 is 1.78 bits per heavy atom. The summed E-state index contributed by atoms with van der Waals surface area (Å²) < 4.78 is 13.9. The smallest absolute Gasteiger partial charge is 0.410 e. The summed E-state index contributed by atoms with van der Waals surface area (Å²) in [5.41, 5.74) is 0.289. The summed E-state index contributed by atoms with van der Waals surface area (Å²) in [5.74, 6) is -0.105. The maximum Gasteiger partial charge on any atom is 0.410 e. The summed E-state index contributed by atoms with van der Waals surface area (Å²) in [7, 11) is 0. The van der Waals surface area contributed by atoms with Crippen LogP contribution in [-0.4, -0.2) is 74.5 Å². The minimum Gasteiger partial charge on any atom is -0.465 e. The van der Waals surface area contributed by atoms with Gasteiger partial charge in [-0.2, -0.15) is 9.50 Å². The Morgan fingerprint density at radius 3 is 2.34 bits per heavy atom. The van der Waals surface area contributed by atoms with Crippen molar-refractivity contribution in [3.63, 3.8) is 0 Å². The van der Waals surface area contributed by atoms with Crippen LogP contribution in [0.3, 0.4) is 0 Å². The number of carbonyl (C=O) groups is 2. The minimum absolute atomic E-state index is 0.0690. The van der Waals surface area contributed by atoms with E-state index in [0.29, 0.717) is 53.6 Å². The number of piperazine rings is 1. The molecule has 0 N–H and O–H groups in total. The molecule has 0 unspecified atom stereocenters. The highest BCUT2D eigenvalue weighted by Crippen LogP contribution is 2.22. The lowest BCUT2D eigenvalue weighted by atomic mass is 10.2. The lowest BCUT2D eigenvalue weighted by Gasteiger charge is -2.37. The van der Waals surface area contributed by atoms with E-state index >= 15 is 0 Å². The molecule has 0 saturated carbocycles. The third-order valence-corrected chi connectivity index (χ3v) is 5.43. The summed E-state index contributed by atoms with van der Waals surface area (Å²) in [6.45, 7) is 11.1. The molecular formula is C20H29IN6O5. The minimum atomic E-state index is -0.570. The highest BCUT2D eigenvalue weighted by Gasteiger charge is 2.30. The molecule has 1 amide bonds. The Balaban J connectivity index is 1.96. The first-order valence-corrected chi connectivity index (χ1v) is 11.7. The van der Waals surface area contributed by atoms with Crippen molar-refractivity contribution in [2.45, 2.75) is 53.2 Å². The second kappa shape index (κ2) is 9.63. The van der Waals surface area contributed by atoms with Crippen molar-refractivity contribution >= 4 is 46.1 Å². The topological polar surface area (TPSA) is 111 Å². The van der Waals surface area contributed by atoms with Crippen molar-refractivity contribution in [1.29, 1.82) is 0 Å². The number of esters is 1. The van der Waals surface area contributed by atoms with Crippen molar-refractivity contribution in [1.82, 2.24) is 24.1 Å². The van der Waals surface area contributed by atoms with Gasteiger partial charge >= 0.3 is 12.1 Å². The van der Waals surface area contributed by atoms with Gasteiger partial charge < -0.3 is 23.8 Å². The van der Waals surface area contributed by atoms with E-state index in [-0.39, 0.29) is 24.8 Å². The highest BCUT2D eigenvalue weighted by atomic mass is 127. The van der Waals surface area contributed by atoms with Crippen LogP contribution in [-0.2, 0) is 27.2 Å². The van der Waals surface area contributed by atoms with E-state index < -0.39 is 11.6 Å². The zero-order valence-corrected chi connectivity index (χ0v) is 21.2. The fraction of sp³-hybridized carbons (Fsp3) is 0.650. The molecule has 2 aromatic rings. The summed E-state index contributed by atoms with van der Waals surface area (Å²) >= 11 is 1.94. The number of fused-ring (bicyclic) bond motifs is 1. The number of nitrogens with zero attached hydrogens (tertiary/aromatic N) is 6. The van der Waals surface area contributed by atoms with Crippen molar-refractivity contribution in [2.24, 2.45) is 0 Å². The highest BCUT2D eigenvalue weighted by molar-refractivity contribution is 14.1. The van der Waals surface area contributed by atoms with Crippen LogP contribution in [0.25, 0.3) is 5.78 Å². The molecule has 0 aromatic carbocycles. The van der Waals surface area contributed by atoms with Crippen LogP contribution in [0.15, 0.2) is 4.79 Å². The third kappa shape index (κ3) is 5.15. The van der Waals surface area contributed by atoms with Gasteiger partial charge in [0.05, 0.1) is 12.3 Å². The molecule has 176 valence electrons. The fourth-order valence-corrected chi connectivity index (χ4v) is 4.11. The van der Waals surface area contributed by atoms with Gasteiger partial charge in [-0.15, -0.1) is 5.10 Å². The predicted molar refractivity (Wildman–Crippen MR) is 126 cm³/mol. The van der Waals surface area contributed by atoms with Gasteiger partial charge in [-0.05, 0) is 34.1 Å². The fourth-order valence-electron chi connectivity index (χ4n) is 3.68. The van der Waals surface area contributed by atoms with Gasteiger partial charge in [-0.3, -0.25) is 9.59 Å². The van der Waals surface area contributed by atoms with E-state index in [1.54, 1.807) is 16.4 Å². The molecule has 12 heteroatoms. The number of anilines is 1. The van der Waals surface area contributed by atoms with Crippen molar-refractivity contribution in [3.05, 3.63) is 19.9 Å². The van der Waals surface area contributed by atoms with Gasteiger partial charge in [0, 0.05) is 48.8 Å². The van der Waals surface area contributed by atoms with Gasteiger partial charge in [0.2, 0.25) is 9.61 Å². The van der Waals surface area contributed by atoms with Crippen molar-refractivity contribution in [3.8, 4) is 0 Å². The number of amides is 1. The average molecular weight is 560 g/mol. The molecule has 0 bridgehead atoms. The number of aromatic nitrogens is 4. The molecule has 0 atom stereocenters. The van der Waals surface area contributed by atoms with Gasteiger partial charge in [0.25, 0.3) is 5.56 Å². The lowest BCUT2D eigenvalue weighted by Crippen LogP contribution is -2.51. The van der Waals surface area contributed by atoms with E-state index in [1.807, 2.05) is 55.2 Å². The normalized spacial score (nSPS) is 14.7. The van der Waals surface area contributed by atoms with Crippen LogP contribution in [0, 0.1) is 3.83 Å². The molecule has 11 nitrogen and oxygen atoms in total. The van der Waals surface area contributed by atoms with Crippen LogP contribution in [0.1, 0.15) is 40.3 Å². The summed E-state index contributed by atoms with van der Waals surface area (Å²) in [4.78, 5) is 46.0. The molecular weight excluding hydrogens is 531 g/mol. The Kier molecular flexibility index (Phi) is 7.30. The monoisotopic (exact) mass is 560 g/mol. The third-order valence-electron chi connectivity index (χ3n) is 4.97. The van der Waals surface area contributed by atoms with E-state index in [4.69, 9.17) is 9.47 Å². The van der Waals surface area contributed by atoms with Gasteiger partial charge in [-0.25, -0.2) is 4.79 Å². The molecule has 0 radical (unpaired) electrons. The van der Waals surface area contributed by atoms with Crippen LogP contribution in [0.5, 0.6) is 0 Å². The van der Waals surface area contributed by atoms with Crippen LogP contribution in [0.4, 0.5) is 10.5 Å². The van der Waals surface area contributed by atoms with E-state index in [9.17, 15) is 14.4 Å². The number of carbonyl (C=O) groups excluding carboxylic acids is 2. The molecule has 2 aromatic heterocycles. The number of ether oxygens (including phenoxy) is 2. The molecule has 0 spiro atoms. The summed E-state index contributed by atoms with van der Waals surface area (Å²) in [5, 5.41) is 4.24. The van der Waals surface area contributed by atoms with E-state index in [1.165, 1.54) is 4.52 Å². The number of halogens is 1. The zero-order valence-electron chi connectivity index (χ0n) is 19.1. The predicted octanol–water partition coefficient (Wildman–Crippen LogP) is 1.68. The maximum atomic E-state index is 13.4. The zero-order chi connectivity index (χ0) is 23.6. The van der Waals surface area contributed by atoms with Crippen molar-refractivity contribution < 1.29 is 19.1 Å². The quantitative estimate of drug-likeness (QED) is 0.402. The Bertz CT molecular complexity index is 1070. The molecule has 1 aliphatic rings. The molecule has 3 rings (SSSR count). The number of hydrogen-bond donors (Lipinski definition) is 0. The van der Waals surface area contributed by atoms with E-state index in [2.05, 4.69) is 10.1 Å². The standard InChI is InChI=1S/C20H29IN6O5/c1-6-13-15(24-8-10-25(11-9-24)19(30)32-20(3,4)5)16(29)27-18(22-17(21)23-27)26(13)12-14(28)31-7-2/h6-12H2,1-5H3. The second-order valence-electron chi connectivity index (χ2n) is 8.39. The number of rotatable bonds is 5. The Morgan fingerprint density at radius 1 is 1.12 bits per heavy atom. The first-order chi connectivity index (χ1) is 15.1. The van der Waals surface area contributed by atoms with Crippen LogP contribution in [0.2, 0.25) is 0 Å². The molecule has 0 aliphatic carbocycles. The first kappa shape index (κ1) is 24.3. The largest absolute Gasteiger partial charge is 0.465 e. The van der Waals surface area contributed by atoms with Crippen molar-refractivity contribution in [2.75, 3.05) is 37.7 Å². The summed E-state index contributed by atoms with van der Waals surface area (Å²) in [6, 6.07) is 0. The molecule has 3 heterocycles.